The van der Waals surface area contributed by atoms with E-state index < -0.39 is 24.1 Å². The van der Waals surface area contributed by atoms with Gasteiger partial charge in [-0.3, -0.25) is 0 Å². The fourth-order valence-electron chi connectivity index (χ4n) is 1.58. The maximum atomic E-state index is 13.5. The number of aromatic carboxylic acids is 1. The molecular formula is C13H10F3NO3S. The van der Waals surface area contributed by atoms with E-state index in [2.05, 4.69) is 10.1 Å². The molecule has 8 heteroatoms. The van der Waals surface area contributed by atoms with Crippen LogP contribution < -0.4 is 10.1 Å². The van der Waals surface area contributed by atoms with Crippen molar-refractivity contribution in [2.45, 2.75) is 13.2 Å². The molecule has 1 aromatic heterocycles. The molecule has 0 aliphatic rings. The first-order valence-corrected chi connectivity index (χ1v) is 6.62. The lowest BCUT2D eigenvalue weighted by molar-refractivity contribution is -0.0521. The number of ether oxygens (including phenoxy) is 1. The highest BCUT2D eigenvalue weighted by Gasteiger charge is 2.11. The molecule has 0 aliphatic carbocycles. The number of nitrogens with one attached hydrogen (secondary N) is 1. The highest BCUT2D eigenvalue weighted by atomic mass is 32.1. The number of thiophene rings is 1. The molecule has 0 saturated heterocycles. The Balaban J connectivity index is 1.99. The summed E-state index contributed by atoms with van der Waals surface area (Å²) in [5.41, 5.74) is 0.558. The Labute approximate surface area is 121 Å². The summed E-state index contributed by atoms with van der Waals surface area (Å²) in [5, 5.41) is 13.2. The van der Waals surface area contributed by atoms with Crippen LogP contribution >= 0.6 is 11.3 Å². The van der Waals surface area contributed by atoms with E-state index in [0.717, 1.165) is 17.0 Å². The second-order valence-electron chi connectivity index (χ2n) is 3.98. The van der Waals surface area contributed by atoms with Gasteiger partial charge in [-0.25, -0.2) is 9.18 Å². The molecule has 0 fully saturated rings. The number of rotatable bonds is 6. The number of halogens is 3. The van der Waals surface area contributed by atoms with E-state index in [4.69, 9.17) is 5.11 Å². The van der Waals surface area contributed by atoms with E-state index in [9.17, 15) is 18.0 Å². The van der Waals surface area contributed by atoms with Crippen LogP contribution in [0, 0.1) is 5.82 Å². The van der Waals surface area contributed by atoms with Crippen LogP contribution in [0.2, 0.25) is 0 Å². The normalized spacial score (nSPS) is 10.7. The zero-order valence-corrected chi connectivity index (χ0v) is 11.3. The molecule has 1 aromatic carbocycles. The van der Waals surface area contributed by atoms with Crippen LogP contribution in [-0.4, -0.2) is 17.7 Å². The molecule has 0 saturated carbocycles. The van der Waals surface area contributed by atoms with Crippen molar-refractivity contribution in [1.29, 1.82) is 0 Å². The molecule has 112 valence electrons. The first-order valence-electron chi connectivity index (χ1n) is 5.74. The van der Waals surface area contributed by atoms with E-state index in [0.29, 0.717) is 12.2 Å². The monoisotopic (exact) mass is 317 g/mol. The smallest absolute Gasteiger partial charge is 0.387 e. The van der Waals surface area contributed by atoms with E-state index in [1.807, 2.05) is 0 Å². The van der Waals surface area contributed by atoms with Crippen LogP contribution in [-0.2, 0) is 6.54 Å². The van der Waals surface area contributed by atoms with Gasteiger partial charge in [-0.05, 0) is 18.2 Å². The predicted molar refractivity (Wildman–Crippen MR) is 71.6 cm³/mol. The van der Waals surface area contributed by atoms with Crippen LogP contribution in [0.15, 0.2) is 29.6 Å². The van der Waals surface area contributed by atoms with Gasteiger partial charge in [0.2, 0.25) is 0 Å². The number of carboxylic acids is 1. The Bertz CT molecular complexity index is 645. The third-order valence-corrected chi connectivity index (χ3v) is 3.45. The molecule has 2 aromatic rings. The number of alkyl halides is 2. The largest absolute Gasteiger partial charge is 0.478 e. The van der Waals surface area contributed by atoms with Crippen molar-refractivity contribution in [3.05, 3.63) is 45.9 Å². The molecule has 1 heterocycles. The standard InChI is InChI=1S/C13H10F3NO3S/c14-10-4-8(1-2-11(10)20-13(15)16)17-5-9-3-7(6-21-9)12(18)19/h1-4,6,13,17H,5H2,(H,18,19). The van der Waals surface area contributed by atoms with Gasteiger partial charge in [-0.2, -0.15) is 8.78 Å². The highest BCUT2D eigenvalue weighted by molar-refractivity contribution is 7.10. The minimum absolute atomic E-state index is 0.184. The summed E-state index contributed by atoms with van der Waals surface area (Å²) < 4.78 is 41.4. The Morgan fingerprint density at radius 1 is 1.38 bits per heavy atom. The van der Waals surface area contributed by atoms with Gasteiger partial charge in [0.1, 0.15) is 0 Å². The molecule has 0 aliphatic heterocycles. The highest BCUT2D eigenvalue weighted by Crippen LogP contribution is 2.24. The molecule has 0 atom stereocenters. The van der Waals surface area contributed by atoms with Gasteiger partial charge < -0.3 is 15.2 Å². The van der Waals surface area contributed by atoms with Crippen molar-refractivity contribution in [3.63, 3.8) is 0 Å². The Kier molecular flexibility index (Phi) is 4.69. The Morgan fingerprint density at radius 3 is 2.71 bits per heavy atom. The summed E-state index contributed by atoms with van der Waals surface area (Å²) in [6, 6.07) is 5.03. The summed E-state index contributed by atoms with van der Waals surface area (Å²) in [6.07, 6.45) is 0. The van der Waals surface area contributed by atoms with Gasteiger partial charge in [-0.1, -0.05) is 0 Å². The third kappa shape index (κ3) is 4.12. The zero-order valence-electron chi connectivity index (χ0n) is 10.5. The van der Waals surface area contributed by atoms with Gasteiger partial charge in [0, 0.05) is 28.6 Å². The van der Waals surface area contributed by atoms with E-state index in [1.54, 1.807) is 0 Å². The maximum Gasteiger partial charge on any atom is 0.387 e. The number of hydrogen-bond donors (Lipinski definition) is 2. The summed E-state index contributed by atoms with van der Waals surface area (Å²) >= 11 is 1.25. The Hall–Kier alpha value is -2.22. The van der Waals surface area contributed by atoms with Gasteiger partial charge in [-0.15, -0.1) is 11.3 Å². The SMILES string of the molecule is O=C(O)c1csc(CNc2ccc(OC(F)F)c(F)c2)c1. The average Bonchev–Trinajstić information content (AvgIpc) is 2.88. The minimum Gasteiger partial charge on any atom is -0.478 e. The summed E-state index contributed by atoms with van der Waals surface area (Å²) in [7, 11) is 0. The van der Waals surface area contributed by atoms with Crippen molar-refractivity contribution < 1.29 is 27.8 Å². The molecule has 0 unspecified atom stereocenters. The number of anilines is 1. The van der Waals surface area contributed by atoms with E-state index in [1.165, 1.54) is 28.8 Å². The topological polar surface area (TPSA) is 58.6 Å². The molecule has 0 spiro atoms. The number of hydrogen-bond acceptors (Lipinski definition) is 4. The van der Waals surface area contributed by atoms with Crippen LogP contribution in [0.3, 0.4) is 0 Å². The molecule has 2 N–H and O–H groups in total. The second kappa shape index (κ2) is 6.49. The van der Waals surface area contributed by atoms with Crippen molar-refractivity contribution in [2.24, 2.45) is 0 Å². The molecular weight excluding hydrogens is 307 g/mol. The van der Waals surface area contributed by atoms with Crippen LogP contribution in [0.25, 0.3) is 0 Å². The van der Waals surface area contributed by atoms with E-state index in [-0.39, 0.29) is 5.56 Å². The number of benzene rings is 1. The van der Waals surface area contributed by atoms with Gasteiger partial charge in [0.05, 0.1) is 5.56 Å². The third-order valence-electron chi connectivity index (χ3n) is 2.52. The van der Waals surface area contributed by atoms with Gasteiger partial charge in [0.25, 0.3) is 0 Å². The van der Waals surface area contributed by atoms with Crippen molar-refractivity contribution >= 4 is 23.0 Å². The summed E-state index contributed by atoms with van der Waals surface area (Å²) in [6.45, 7) is -2.79. The molecule has 0 radical (unpaired) electrons. The molecule has 0 bridgehead atoms. The number of carboxylic acid groups (broad SMARTS) is 1. The van der Waals surface area contributed by atoms with Crippen LogP contribution in [0.4, 0.5) is 18.9 Å². The summed E-state index contributed by atoms with van der Waals surface area (Å²) in [5.74, 6) is -2.45. The minimum atomic E-state index is -3.08. The van der Waals surface area contributed by atoms with Gasteiger partial charge in [0.15, 0.2) is 11.6 Å². The summed E-state index contributed by atoms with van der Waals surface area (Å²) in [4.78, 5) is 11.5. The Morgan fingerprint density at radius 2 is 2.14 bits per heavy atom. The van der Waals surface area contributed by atoms with Crippen LogP contribution in [0.1, 0.15) is 15.2 Å². The van der Waals surface area contributed by atoms with Crippen molar-refractivity contribution in [2.75, 3.05) is 5.32 Å². The van der Waals surface area contributed by atoms with Gasteiger partial charge >= 0.3 is 12.6 Å². The number of carbonyl (C=O) groups is 1. The first-order chi connectivity index (χ1) is 9.95. The zero-order chi connectivity index (χ0) is 15.4. The van der Waals surface area contributed by atoms with Crippen molar-refractivity contribution in [3.8, 4) is 5.75 Å². The van der Waals surface area contributed by atoms with E-state index >= 15 is 0 Å². The quantitative estimate of drug-likeness (QED) is 0.851. The lowest BCUT2D eigenvalue weighted by Crippen LogP contribution is -2.04. The average molecular weight is 317 g/mol. The fraction of sp³-hybridized carbons (Fsp3) is 0.154. The molecule has 2 rings (SSSR count). The lowest BCUT2D eigenvalue weighted by atomic mass is 10.2. The predicted octanol–water partition coefficient (Wildman–Crippen LogP) is 3.80. The molecule has 0 amide bonds. The lowest BCUT2D eigenvalue weighted by Gasteiger charge is -2.08. The van der Waals surface area contributed by atoms with Crippen molar-refractivity contribution in [1.82, 2.24) is 0 Å². The molecule has 21 heavy (non-hydrogen) atoms. The second-order valence-corrected chi connectivity index (χ2v) is 4.98. The molecule has 4 nitrogen and oxygen atoms in total. The first kappa shape index (κ1) is 15.2. The van der Waals surface area contributed by atoms with Crippen LogP contribution in [0.5, 0.6) is 5.75 Å². The fourth-order valence-corrected chi connectivity index (χ4v) is 2.37. The maximum absolute atomic E-state index is 13.5.